The van der Waals surface area contributed by atoms with Crippen molar-refractivity contribution in [1.82, 2.24) is 25.4 Å². The number of halogens is 1. The lowest BCUT2D eigenvalue weighted by molar-refractivity contribution is 0.414. The second kappa shape index (κ2) is 7.81. The average Bonchev–Trinajstić information content (AvgIpc) is 3.36. The average molecular weight is 400 g/mol. The zero-order chi connectivity index (χ0) is 18.6. The Bertz CT molecular complexity index is 1050. The van der Waals surface area contributed by atoms with Crippen LogP contribution in [-0.2, 0) is 5.75 Å². The zero-order valence-electron chi connectivity index (χ0n) is 14.2. The summed E-state index contributed by atoms with van der Waals surface area (Å²) in [6.07, 6.45) is 0. The molecule has 0 fully saturated rings. The Hall–Kier alpha value is -2.84. The molecule has 7 nitrogen and oxygen atoms in total. The fourth-order valence-electron chi connectivity index (χ4n) is 2.42. The number of methoxy groups -OCH3 is 1. The van der Waals surface area contributed by atoms with Crippen molar-refractivity contribution in [2.75, 3.05) is 7.11 Å². The van der Waals surface area contributed by atoms with Gasteiger partial charge in [0.25, 0.3) is 5.89 Å². The lowest BCUT2D eigenvalue weighted by atomic mass is 10.2. The summed E-state index contributed by atoms with van der Waals surface area (Å²) < 4.78 is 11.1. The molecule has 0 saturated carbocycles. The third-order valence-electron chi connectivity index (χ3n) is 3.71. The number of para-hydroxylation sites is 1. The quantitative estimate of drug-likeness (QED) is 0.478. The smallest absolute Gasteiger partial charge is 0.251 e. The van der Waals surface area contributed by atoms with E-state index in [1.54, 1.807) is 7.11 Å². The molecule has 0 aliphatic heterocycles. The van der Waals surface area contributed by atoms with E-state index in [0.29, 0.717) is 39.3 Å². The number of ether oxygens (including phenoxy) is 1. The van der Waals surface area contributed by atoms with Gasteiger partial charge in [0.2, 0.25) is 11.0 Å². The van der Waals surface area contributed by atoms with Crippen LogP contribution in [0.3, 0.4) is 0 Å². The summed E-state index contributed by atoms with van der Waals surface area (Å²) in [4.78, 5) is 4.46. The van der Waals surface area contributed by atoms with Gasteiger partial charge in [-0.3, -0.25) is 5.10 Å². The molecule has 0 aliphatic carbocycles. The maximum atomic E-state index is 5.91. The van der Waals surface area contributed by atoms with Gasteiger partial charge in [-0.05, 0) is 36.4 Å². The highest BCUT2D eigenvalue weighted by molar-refractivity contribution is 7.98. The molecule has 1 N–H and O–H groups in total. The van der Waals surface area contributed by atoms with Crippen molar-refractivity contribution in [2.45, 2.75) is 10.9 Å². The molecule has 0 unspecified atom stereocenters. The van der Waals surface area contributed by atoms with Crippen molar-refractivity contribution < 1.29 is 9.15 Å². The van der Waals surface area contributed by atoms with Crippen LogP contribution in [0.15, 0.2) is 58.1 Å². The highest BCUT2D eigenvalue weighted by Crippen LogP contribution is 2.29. The van der Waals surface area contributed by atoms with E-state index in [2.05, 4.69) is 25.4 Å². The first-order chi connectivity index (χ1) is 13.2. The standard InChI is InChI=1S/C18H14ClN5O2S/c1-25-14-5-3-2-4-13(14)17-23-21-15(26-17)10-27-18-20-16(22-24-18)11-6-8-12(19)9-7-11/h2-9H,10H2,1H3,(H,20,22,24). The fourth-order valence-corrected chi connectivity index (χ4v) is 3.18. The normalized spacial score (nSPS) is 10.9. The minimum Gasteiger partial charge on any atom is -0.496 e. The summed E-state index contributed by atoms with van der Waals surface area (Å²) in [6, 6.07) is 14.9. The molecule has 0 radical (unpaired) electrons. The number of aromatic amines is 1. The maximum Gasteiger partial charge on any atom is 0.251 e. The van der Waals surface area contributed by atoms with E-state index in [4.69, 9.17) is 20.8 Å². The van der Waals surface area contributed by atoms with Gasteiger partial charge in [-0.2, -0.15) is 0 Å². The number of hydrogen-bond acceptors (Lipinski definition) is 7. The molecule has 0 saturated heterocycles. The number of nitrogens with zero attached hydrogens (tertiary/aromatic N) is 4. The van der Waals surface area contributed by atoms with Crippen molar-refractivity contribution in [1.29, 1.82) is 0 Å². The van der Waals surface area contributed by atoms with Crippen LogP contribution >= 0.6 is 23.4 Å². The summed E-state index contributed by atoms with van der Waals surface area (Å²) >= 11 is 7.31. The first-order valence-corrected chi connectivity index (χ1v) is 9.36. The minimum atomic E-state index is 0.417. The van der Waals surface area contributed by atoms with Crippen LogP contribution in [0.4, 0.5) is 0 Å². The van der Waals surface area contributed by atoms with Crippen LogP contribution in [-0.4, -0.2) is 32.5 Å². The third kappa shape index (κ3) is 3.96. The van der Waals surface area contributed by atoms with Gasteiger partial charge in [0.1, 0.15) is 5.75 Å². The number of H-pyrrole nitrogens is 1. The maximum absolute atomic E-state index is 5.91. The molecule has 2 heterocycles. The van der Waals surface area contributed by atoms with Gasteiger partial charge in [-0.15, -0.1) is 15.3 Å². The molecule has 2 aromatic carbocycles. The topological polar surface area (TPSA) is 89.7 Å². The Kier molecular flexibility index (Phi) is 5.08. The monoisotopic (exact) mass is 399 g/mol. The summed E-state index contributed by atoms with van der Waals surface area (Å²) in [5.41, 5.74) is 1.67. The number of nitrogens with one attached hydrogen (secondary N) is 1. The number of rotatable bonds is 6. The van der Waals surface area contributed by atoms with Crippen LogP contribution in [0.1, 0.15) is 5.89 Å². The SMILES string of the molecule is COc1ccccc1-c1nnc(CSc2n[nH]c(-c3ccc(Cl)cc3)n2)o1. The molecule has 27 heavy (non-hydrogen) atoms. The van der Waals surface area contributed by atoms with Crippen molar-refractivity contribution in [3.05, 3.63) is 59.4 Å². The molecule has 136 valence electrons. The van der Waals surface area contributed by atoms with Crippen LogP contribution in [0.5, 0.6) is 5.75 Å². The molecule has 0 atom stereocenters. The van der Waals surface area contributed by atoms with E-state index in [1.807, 2.05) is 48.5 Å². The van der Waals surface area contributed by atoms with Gasteiger partial charge in [-0.1, -0.05) is 35.5 Å². The first kappa shape index (κ1) is 17.6. The van der Waals surface area contributed by atoms with Crippen LogP contribution in [0.2, 0.25) is 5.02 Å². The van der Waals surface area contributed by atoms with Gasteiger partial charge in [-0.25, -0.2) is 4.98 Å². The highest BCUT2D eigenvalue weighted by atomic mass is 35.5. The predicted molar refractivity (Wildman–Crippen MR) is 103 cm³/mol. The predicted octanol–water partition coefficient (Wildman–Crippen LogP) is 4.48. The van der Waals surface area contributed by atoms with Crippen LogP contribution < -0.4 is 4.74 Å². The molecule has 2 aromatic heterocycles. The number of hydrogen-bond donors (Lipinski definition) is 1. The van der Waals surface area contributed by atoms with Crippen molar-refractivity contribution in [3.63, 3.8) is 0 Å². The summed E-state index contributed by atoms with van der Waals surface area (Å²) in [5, 5.41) is 16.6. The third-order valence-corrected chi connectivity index (χ3v) is 4.80. The van der Waals surface area contributed by atoms with Gasteiger partial charge < -0.3 is 9.15 Å². The van der Waals surface area contributed by atoms with Gasteiger partial charge in [0.15, 0.2) is 5.82 Å². The van der Waals surface area contributed by atoms with Gasteiger partial charge in [0.05, 0.1) is 18.4 Å². The van der Waals surface area contributed by atoms with E-state index in [9.17, 15) is 0 Å². The Morgan fingerprint density at radius 2 is 1.93 bits per heavy atom. The Morgan fingerprint density at radius 1 is 1.11 bits per heavy atom. The molecule has 0 amide bonds. The van der Waals surface area contributed by atoms with Crippen LogP contribution in [0.25, 0.3) is 22.8 Å². The number of benzene rings is 2. The Balaban J connectivity index is 1.44. The summed E-state index contributed by atoms with van der Waals surface area (Å²) in [6.45, 7) is 0. The second-order valence-electron chi connectivity index (χ2n) is 5.46. The lowest BCUT2D eigenvalue weighted by Crippen LogP contribution is -1.87. The molecule has 9 heteroatoms. The molecule has 0 bridgehead atoms. The lowest BCUT2D eigenvalue weighted by Gasteiger charge is -2.03. The largest absolute Gasteiger partial charge is 0.496 e. The molecular formula is C18H14ClN5O2S. The van der Waals surface area contributed by atoms with Crippen molar-refractivity contribution in [2.24, 2.45) is 0 Å². The van der Waals surface area contributed by atoms with E-state index >= 15 is 0 Å². The number of aromatic nitrogens is 5. The minimum absolute atomic E-state index is 0.417. The van der Waals surface area contributed by atoms with Gasteiger partial charge in [0, 0.05) is 10.6 Å². The van der Waals surface area contributed by atoms with Gasteiger partial charge >= 0.3 is 0 Å². The highest BCUT2D eigenvalue weighted by Gasteiger charge is 2.14. The van der Waals surface area contributed by atoms with Crippen molar-refractivity contribution >= 4 is 23.4 Å². The van der Waals surface area contributed by atoms with Crippen LogP contribution in [0, 0.1) is 0 Å². The molecule has 4 aromatic rings. The first-order valence-electron chi connectivity index (χ1n) is 8.00. The van der Waals surface area contributed by atoms with E-state index < -0.39 is 0 Å². The molecule has 4 rings (SSSR count). The summed E-state index contributed by atoms with van der Waals surface area (Å²) in [7, 11) is 1.60. The zero-order valence-corrected chi connectivity index (χ0v) is 15.8. The Morgan fingerprint density at radius 3 is 2.74 bits per heavy atom. The molecular weight excluding hydrogens is 386 g/mol. The fraction of sp³-hybridized carbons (Fsp3) is 0.111. The van der Waals surface area contributed by atoms with E-state index in [0.717, 1.165) is 11.1 Å². The number of thioether (sulfide) groups is 1. The summed E-state index contributed by atoms with van der Waals surface area (Å²) in [5.74, 6) is 2.72. The van der Waals surface area contributed by atoms with E-state index in [-0.39, 0.29) is 0 Å². The van der Waals surface area contributed by atoms with Crippen molar-refractivity contribution in [3.8, 4) is 28.6 Å². The molecule has 0 spiro atoms. The second-order valence-corrected chi connectivity index (χ2v) is 6.84. The Labute approximate surface area is 164 Å². The molecule has 0 aliphatic rings. The van der Waals surface area contributed by atoms with E-state index in [1.165, 1.54) is 11.8 Å².